The number of pyridine rings is 1. The van der Waals surface area contributed by atoms with Gasteiger partial charge in [-0.1, -0.05) is 13.0 Å². The standard InChI is InChI=1S/C20H26N2O2.CO2/c1-3-5-18(23)14-8-10-15(11-9-14)24-19-7-4-6-17-20(19)16(21)12-13(2)22-17;2-1-3/h4,6-7,12,14-15H,3,5,8-11H2,1-2H3,(H2,21,22);. The summed E-state index contributed by atoms with van der Waals surface area (Å²) < 4.78 is 6.25. The summed E-state index contributed by atoms with van der Waals surface area (Å²) in [5, 5.41) is 0.896. The van der Waals surface area contributed by atoms with Crippen LogP contribution in [0, 0.1) is 12.8 Å². The van der Waals surface area contributed by atoms with Crippen LogP contribution in [-0.2, 0) is 14.4 Å². The minimum Gasteiger partial charge on any atom is -0.490 e. The summed E-state index contributed by atoms with van der Waals surface area (Å²) in [5.41, 5.74) is 8.68. The Morgan fingerprint density at radius 3 is 2.56 bits per heavy atom. The Labute approximate surface area is 159 Å². The first-order valence-corrected chi connectivity index (χ1v) is 9.34. The minimum absolute atomic E-state index is 0.155. The lowest BCUT2D eigenvalue weighted by Gasteiger charge is -2.28. The van der Waals surface area contributed by atoms with Crippen molar-refractivity contribution in [2.24, 2.45) is 5.92 Å². The van der Waals surface area contributed by atoms with Gasteiger partial charge < -0.3 is 10.5 Å². The number of benzene rings is 1. The number of nitrogen functional groups attached to an aromatic ring is 1. The van der Waals surface area contributed by atoms with E-state index in [4.69, 9.17) is 20.1 Å². The summed E-state index contributed by atoms with van der Waals surface area (Å²) in [6.45, 7) is 4.01. The first-order chi connectivity index (χ1) is 13.0. The highest BCUT2D eigenvalue weighted by atomic mass is 16.5. The average Bonchev–Trinajstić information content (AvgIpc) is 2.63. The lowest BCUT2D eigenvalue weighted by Crippen LogP contribution is -2.28. The SMILES string of the molecule is CCCC(=O)C1CCC(Oc2cccc3nc(C)cc(N)c23)CC1.O=C=O. The highest BCUT2D eigenvalue weighted by molar-refractivity contribution is 5.95. The summed E-state index contributed by atoms with van der Waals surface area (Å²) in [7, 11) is 0. The highest BCUT2D eigenvalue weighted by Crippen LogP contribution is 2.34. The molecule has 1 fully saturated rings. The second-order valence-electron chi connectivity index (χ2n) is 6.89. The number of carbonyl (C=O) groups is 1. The number of hydrogen-bond acceptors (Lipinski definition) is 6. The molecule has 1 aliphatic rings. The maximum absolute atomic E-state index is 12.0. The zero-order valence-electron chi connectivity index (χ0n) is 15.9. The van der Waals surface area contributed by atoms with Gasteiger partial charge in [0.2, 0.25) is 0 Å². The number of nitrogens with two attached hydrogens (primary N) is 1. The van der Waals surface area contributed by atoms with E-state index in [-0.39, 0.29) is 18.2 Å². The van der Waals surface area contributed by atoms with Gasteiger partial charge in [0, 0.05) is 23.7 Å². The number of ether oxygens (including phenoxy) is 1. The van der Waals surface area contributed by atoms with Crippen LogP contribution in [0.4, 0.5) is 5.69 Å². The first-order valence-electron chi connectivity index (χ1n) is 9.34. The van der Waals surface area contributed by atoms with Gasteiger partial charge >= 0.3 is 6.15 Å². The predicted octanol–water partition coefficient (Wildman–Crippen LogP) is 3.85. The van der Waals surface area contributed by atoms with Crippen LogP contribution in [0.5, 0.6) is 5.75 Å². The topological polar surface area (TPSA) is 99.3 Å². The quantitative estimate of drug-likeness (QED) is 0.858. The van der Waals surface area contributed by atoms with Crippen LogP contribution in [-0.4, -0.2) is 23.0 Å². The lowest BCUT2D eigenvalue weighted by atomic mass is 9.83. The second kappa shape index (κ2) is 9.83. The van der Waals surface area contributed by atoms with Gasteiger partial charge in [-0.05, 0) is 57.2 Å². The van der Waals surface area contributed by atoms with E-state index < -0.39 is 0 Å². The fourth-order valence-corrected chi connectivity index (χ4v) is 3.65. The molecule has 0 unspecified atom stereocenters. The smallest absolute Gasteiger partial charge is 0.373 e. The molecule has 6 nitrogen and oxygen atoms in total. The van der Waals surface area contributed by atoms with Crippen LogP contribution < -0.4 is 10.5 Å². The molecule has 1 heterocycles. The van der Waals surface area contributed by atoms with E-state index in [0.29, 0.717) is 17.9 Å². The molecule has 1 aromatic heterocycles. The number of nitrogens with zero attached hydrogens (tertiary/aromatic N) is 1. The molecule has 0 aliphatic heterocycles. The maximum atomic E-state index is 12.0. The predicted molar refractivity (Wildman–Crippen MR) is 102 cm³/mol. The van der Waals surface area contributed by atoms with Gasteiger partial charge in [-0.2, -0.15) is 9.59 Å². The number of anilines is 1. The molecule has 0 atom stereocenters. The Hall–Kier alpha value is -2.72. The van der Waals surface area contributed by atoms with Crippen molar-refractivity contribution in [1.82, 2.24) is 4.98 Å². The van der Waals surface area contributed by atoms with E-state index in [1.807, 2.05) is 31.2 Å². The molecule has 1 aromatic carbocycles. The van der Waals surface area contributed by atoms with Crippen molar-refractivity contribution in [2.75, 3.05) is 5.73 Å². The molecule has 27 heavy (non-hydrogen) atoms. The number of aromatic nitrogens is 1. The van der Waals surface area contributed by atoms with Crippen LogP contribution >= 0.6 is 0 Å². The summed E-state index contributed by atoms with van der Waals surface area (Å²) in [4.78, 5) is 32.8. The molecular formula is C21H26N2O4. The zero-order chi connectivity index (χ0) is 19.8. The van der Waals surface area contributed by atoms with E-state index in [9.17, 15) is 4.79 Å². The van der Waals surface area contributed by atoms with E-state index in [2.05, 4.69) is 11.9 Å². The molecule has 0 saturated heterocycles. The molecule has 3 rings (SSSR count). The molecule has 1 aliphatic carbocycles. The normalized spacial score (nSPS) is 18.9. The second-order valence-corrected chi connectivity index (χ2v) is 6.89. The number of fused-ring (bicyclic) bond motifs is 1. The third-order valence-electron chi connectivity index (χ3n) is 4.87. The van der Waals surface area contributed by atoms with Crippen molar-refractivity contribution >= 4 is 28.5 Å². The van der Waals surface area contributed by atoms with Gasteiger partial charge in [-0.25, -0.2) is 0 Å². The number of hydrogen-bond donors (Lipinski definition) is 1. The van der Waals surface area contributed by atoms with Gasteiger partial charge in [0.05, 0.1) is 17.0 Å². The zero-order valence-corrected chi connectivity index (χ0v) is 15.9. The number of carbonyl (C=O) groups excluding carboxylic acids is 3. The fraction of sp³-hybridized carbons (Fsp3) is 0.476. The van der Waals surface area contributed by atoms with E-state index >= 15 is 0 Å². The van der Waals surface area contributed by atoms with Gasteiger partial charge in [0.15, 0.2) is 0 Å². The van der Waals surface area contributed by atoms with E-state index in [1.165, 1.54) is 0 Å². The number of aryl methyl sites for hydroxylation is 1. The van der Waals surface area contributed by atoms with Crippen molar-refractivity contribution in [2.45, 2.75) is 58.5 Å². The third-order valence-corrected chi connectivity index (χ3v) is 4.87. The molecule has 0 bridgehead atoms. The summed E-state index contributed by atoms with van der Waals surface area (Å²) in [6.07, 6.45) is 5.77. The van der Waals surface area contributed by atoms with Gasteiger partial charge in [0.1, 0.15) is 11.5 Å². The van der Waals surface area contributed by atoms with E-state index in [0.717, 1.165) is 54.5 Å². The van der Waals surface area contributed by atoms with Crippen LogP contribution in [0.25, 0.3) is 10.9 Å². The Morgan fingerprint density at radius 1 is 1.26 bits per heavy atom. The number of rotatable bonds is 5. The number of Topliss-reactive ketones (excluding diaryl/α,β-unsaturated/α-hetero) is 1. The molecule has 2 N–H and O–H groups in total. The van der Waals surface area contributed by atoms with Crippen molar-refractivity contribution in [3.05, 3.63) is 30.0 Å². The maximum Gasteiger partial charge on any atom is 0.373 e. The van der Waals surface area contributed by atoms with Crippen molar-refractivity contribution < 1.29 is 19.1 Å². The summed E-state index contributed by atoms with van der Waals surface area (Å²) >= 11 is 0. The highest BCUT2D eigenvalue weighted by Gasteiger charge is 2.27. The Kier molecular flexibility index (Phi) is 7.50. The van der Waals surface area contributed by atoms with E-state index in [1.54, 1.807) is 0 Å². The van der Waals surface area contributed by atoms with Crippen molar-refractivity contribution in [3.63, 3.8) is 0 Å². The average molecular weight is 370 g/mol. The Morgan fingerprint density at radius 2 is 1.93 bits per heavy atom. The number of ketones is 1. The molecule has 144 valence electrons. The van der Waals surface area contributed by atoms with Crippen LogP contribution in [0.2, 0.25) is 0 Å². The lowest BCUT2D eigenvalue weighted by molar-refractivity contribution is -0.191. The molecule has 2 aromatic rings. The largest absolute Gasteiger partial charge is 0.490 e. The van der Waals surface area contributed by atoms with Crippen LogP contribution in [0.3, 0.4) is 0 Å². The van der Waals surface area contributed by atoms with Crippen LogP contribution in [0.15, 0.2) is 24.3 Å². The first kappa shape index (κ1) is 20.6. The molecule has 0 radical (unpaired) electrons. The molecule has 0 amide bonds. The third kappa shape index (κ3) is 5.38. The molecule has 6 heteroatoms. The van der Waals surface area contributed by atoms with Gasteiger partial charge in [-0.15, -0.1) is 0 Å². The summed E-state index contributed by atoms with van der Waals surface area (Å²) in [5.74, 6) is 1.46. The monoisotopic (exact) mass is 370 g/mol. The Bertz CT molecular complexity index is 820. The van der Waals surface area contributed by atoms with Crippen molar-refractivity contribution in [3.8, 4) is 5.75 Å². The fourth-order valence-electron chi connectivity index (χ4n) is 3.65. The Balaban J connectivity index is 0.000000817. The van der Waals surface area contributed by atoms with Crippen LogP contribution in [0.1, 0.15) is 51.1 Å². The molecular weight excluding hydrogens is 344 g/mol. The van der Waals surface area contributed by atoms with Gasteiger partial charge in [-0.3, -0.25) is 9.78 Å². The summed E-state index contributed by atoms with van der Waals surface area (Å²) in [6, 6.07) is 7.77. The molecule has 1 saturated carbocycles. The van der Waals surface area contributed by atoms with Crippen molar-refractivity contribution in [1.29, 1.82) is 0 Å². The minimum atomic E-state index is 0.155. The van der Waals surface area contributed by atoms with Gasteiger partial charge in [0.25, 0.3) is 0 Å². The molecule has 0 spiro atoms.